The summed E-state index contributed by atoms with van der Waals surface area (Å²) in [6.07, 6.45) is -1.08. The summed E-state index contributed by atoms with van der Waals surface area (Å²) in [5.41, 5.74) is 8.61. The largest absolute Gasteiger partial charge is 0.445 e. The van der Waals surface area contributed by atoms with E-state index in [0.29, 0.717) is 10.6 Å². The van der Waals surface area contributed by atoms with Crippen LogP contribution in [0.2, 0.25) is 0 Å². The van der Waals surface area contributed by atoms with Gasteiger partial charge in [-0.15, -0.1) is 0 Å². The fourth-order valence-corrected chi connectivity index (χ4v) is 2.97. The van der Waals surface area contributed by atoms with Crippen molar-refractivity contribution in [2.24, 2.45) is 5.73 Å². The van der Waals surface area contributed by atoms with Crippen molar-refractivity contribution in [3.8, 4) is 0 Å². The molecule has 0 aliphatic heterocycles. The van der Waals surface area contributed by atoms with Crippen molar-refractivity contribution in [3.63, 3.8) is 0 Å². The van der Waals surface area contributed by atoms with Crippen molar-refractivity contribution in [1.82, 2.24) is 21.1 Å². The molecule has 0 saturated carbocycles. The van der Waals surface area contributed by atoms with E-state index in [1.54, 1.807) is 54.6 Å². The fourth-order valence-electron chi connectivity index (χ4n) is 2.97. The number of alkyl carbamates (subject to hydrolysis) is 1. The Kier molecular flexibility index (Phi) is 10.8. The normalized spacial score (nSPS) is 11.8. The van der Waals surface area contributed by atoms with E-state index in [2.05, 4.69) is 16.1 Å². The number of primary amides is 1. The summed E-state index contributed by atoms with van der Waals surface area (Å²) in [5.74, 6) is -4.60. The number of nitrogens with zero attached hydrogens (tertiary/aromatic N) is 1. The molecule has 0 aromatic heterocycles. The Hall–Kier alpha value is -4.74. The first-order valence-electron chi connectivity index (χ1n) is 11.3. The maximum absolute atomic E-state index is 12.6. The zero-order valence-electron chi connectivity index (χ0n) is 20.4. The molecule has 0 heterocycles. The zero-order valence-corrected chi connectivity index (χ0v) is 20.4. The summed E-state index contributed by atoms with van der Waals surface area (Å²) >= 11 is 0. The molecule has 5 N–H and O–H groups in total. The molecule has 0 spiro atoms. The van der Waals surface area contributed by atoms with Crippen LogP contribution in [-0.4, -0.2) is 59.1 Å². The molecule has 2 atom stereocenters. The van der Waals surface area contributed by atoms with Gasteiger partial charge in [-0.2, -0.15) is 0 Å². The van der Waals surface area contributed by atoms with Crippen LogP contribution in [0.25, 0.3) is 0 Å². The van der Waals surface area contributed by atoms with E-state index in [-0.39, 0.29) is 13.0 Å². The van der Waals surface area contributed by atoms with Gasteiger partial charge in [0.15, 0.2) is 0 Å². The highest BCUT2D eigenvalue weighted by Crippen LogP contribution is 2.03. The molecule has 0 radical (unpaired) electrons. The second kappa shape index (κ2) is 14.0. The monoisotopic (exact) mass is 511 g/mol. The predicted octanol–water partition coefficient (Wildman–Crippen LogP) is -0.0371. The van der Waals surface area contributed by atoms with Gasteiger partial charge in [-0.05, 0) is 25.0 Å². The van der Waals surface area contributed by atoms with E-state index in [0.717, 1.165) is 5.56 Å². The summed E-state index contributed by atoms with van der Waals surface area (Å²) in [4.78, 5) is 73.3. The lowest BCUT2D eigenvalue weighted by Crippen LogP contribution is -2.58. The van der Waals surface area contributed by atoms with Crippen molar-refractivity contribution in [1.29, 1.82) is 0 Å². The van der Waals surface area contributed by atoms with Crippen LogP contribution in [0, 0.1) is 0 Å². The minimum absolute atomic E-state index is 0.00649. The number of ketones is 1. The number of carbonyl (C=O) groups excluding carboxylic acids is 6. The molecular formula is C25H29N5O7. The number of Topliss-reactive ketones (excluding diaryl/α,β-unsaturated/α-hetero) is 1. The number of amides is 5. The van der Waals surface area contributed by atoms with Crippen LogP contribution < -0.4 is 21.8 Å². The minimum atomic E-state index is -1.20. The van der Waals surface area contributed by atoms with Crippen LogP contribution in [-0.2, 0) is 41.7 Å². The van der Waals surface area contributed by atoms with Crippen molar-refractivity contribution < 1.29 is 33.5 Å². The number of carbonyl (C=O) groups is 6. The first kappa shape index (κ1) is 28.5. The topological polar surface area (TPSA) is 177 Å². The number of benzene rings is 2. The molecule has 0 aliphatic carbocycles. The van der Waals surface area contributed by atoms with Gasteiger partial charge in [0.05, 0.1) is 0 Å². The Morgan fingerprint density at radius 1 is 0.811 bits per heavy atom. The van der Waals surface area contributed by atoms with Crippen LogP contribution in [0.15, 0.2) is 60.7 Å². The van der Waals surface area contributed by atoms with Gasteiger partial charge in [-0.25, -0.2) is 9.80 Å². The number of hydrogen-bond acceptors (Lipinski definition) is 7. The Morgan fingerprint density at radius 2 is 1.35 bits per heavy atom. The van der Waals surface area contributed by atoms with E-state index in [1.165, 1.54) is 13.8 Å². The van der Waals surface area contributed by atoms with Crippen molar-refractivity contribution in [2.75, 3.05) is 6.54 Å². The van der Waals surface area contributed by atoms with Gasteiger partial charge in [-0.3, -0.25) is 29.4 Å². The molecule has 2 rings (SSSR count). The Balaban J connectivity index is 1.88. The van der Waals surface area contributed by atoms with Gasteiger partial charge in [0.2, 0.25) is 17.6 Å². The third kappa shape index (κ3) is 9.80. The number of nitrogens with two attached hydrogens (primary N) is 1. The van der Waals surface area contributed by atoms with Gasteiger partial charge in [0.25, 0.3) is 5.91 Å². The maximum atomic E-state index is 12.6. The molecule has 196 valence electrons. The summed E-state index contributed by atoms with van der Waals surface area (Å²) < 4.78 is 5.05. The summed E-state index contributed by atoms with van der Waals surface area (Å²) in [5, 5.41) is 5.21. The SMILES string of the molecule is CC(NC(=O)OCc1ccccc1)C(=O)NC(C)C(=O)NN(CC(N)=O)C(=O)C(=O)Cc1ccccc1. The van der Waals surface area contributed by atoms with Gasteiger partial charge in [0.1, 0.15) is 25.2 Å². The van der Waals surface area contributed by atoms with E-state index in [9.17, 15) is 28.8 Å². The molecule has 0 saturated heterocycles. The Labute approximate surface area is 213 Å². The maximum Gasteiger partial charge on any atom is 0.408 e. The number of hydrogen-bond donors (Lipinski definition) is 4. The molecule has 2 aromatic carbocycles. The molecule has 12 nitrogen and oxygen atoms in total. The minimum Gasteiger partial charge on any atom is -0.445 e. The second-order valence-electron chi connectivity index (χ2n) is 8.08. The molecule has 5 amide bonds. The third-order valence-electron chi connectivity index (χ3n) is 4.94. The van der Waals surface area contributed by atoms with Crippen LogP contribution in [0.5, 0.6) is 0 Å². The highest BCUT2D eigenvalue weighted by atomic mass is 16.5. The van der Waals surface area contributed by atoms with Crippen molar-refractivity contribution in [3.05, 3.63) is 71.8 Å². The molecule has 0 aliphatic rings. The van der Waals surface area contributed by atoms with E-state index >= 15 is 0 Å². The highest BCUT2D eigenvalue weighted by Gasteiger charge is 2.28. The zero-order chi connectivity index (χ0) is 27.4. The Bertz CT molecular complexity index is 1120. The number of nitrogens with one attached hydrogen (secondary N) is 3. The molecule has 37 heavy (non-hydrogen) atoms. The standard InChI is InChI=1S/C25H29N5O7/c1-16(28-25(36)37-15-19-11-7-4-8-12-19)22(33)27-17(2)23(34)29-30(14-21(26)32)24(35)20(31)13-18-9-5-3-6-10-18/h3-12,16-17H,13-15H2,1-2H3,(H2,26,32)(H,27,33)(H,28,36)(H,29,34). The lowest BCUT2D eigenvalue weighted by molar-refractivity contribution is -0.151. The molecule has 12 heteroatoms. The van der Waals surface area contributed by atoms with Gasteiger partial charge >= 0.3 is 12.0 Å². The molecule has 0 fully saturated rings. The van der Waals surface area contributed by atoms with Crippen LogP contribution in [0.1, 0.15) is 25.0 Å². The first-order chi connectivity index (χ1) is 17.6. The van der Waals surface area contributed by atoms with Gasteiger partial charge in [-0.1, -0.05) is 60.7 Å². The first-order valence-corrected chi connectivity index (χ1v) is 11.3. The van der Waals surface area contributed by atoms with E-state index in [4.69, 9.17) is 10.5 Å². The lowest BCUT2D eigenvalue weighted by atomic mass is 10.1. The lowest BCUT2D eigenvalue weighted by Gasteiger charge is -2.24. The average molecular weight is 512 g/mol. The fraction of sp³-hybridized carbons (Fsp3) is 0.280. The quantitative estimate of drug-likeness (QED) is 0.242. The summed E-state index contributed by atoms with van der Waals surface area (Å²) in [6.45, 7) is 1.95. The summed E-state index contributed by atoms with van der Waals surface area (Å²) in [6, 6.07) is 15.1. The molecule has 0 bridgehead atoms. The predicted molar refractivity (Wildman–Crippen MR) is 131 cm³/mol. The average Bonchev–Trinajstić information content (AvgIpc) is 2.87. The van der Waals surface area contributed by atoms with Crippen LogP contribution >= 0.6 is 0 Å². The number of hydrazine groups is 1. The molecule has 2 aromatic rings. The highest BCUT2D eigenvalue weighted by molar-refractivity contribution is 6.36. The van der Waals surface area contributed by atoms with Crippen molar-refractivity contribution >= 4 is 35.5 Å². The number of ether oxygens (including phenoxy) is 1. The second-order valence-corrected chi connectivity index (χ2v) is 8.08. The molecular weight excluding hydrogens is 482 g/mol. The summed E-state index contributed by atoms with van der Waals surface area (Å²) in [7, 11) is 0. The van der Waals surface area contributed by atoms with Crippen LogP contribution in [0.4, 0.5) is 4.79 Å². The van der Waals surface area contributed by atoms with Crippen molar-refractivity contribution in [2.45, 2.75) is 39.0 Å². The smallest absolute Gasteiger partial charge is 0.408 e. The van der Waals surface area contributed by atoms with Crippen LogP contribution in [0.3, 0.4) is 0 Å². The van der Waals surface area contributed by atoms with Gasteiger partial charge in [0, 0.05) is 6.42 Å². The number of rotatable bonds is 11. The third-order valence-corrected chi connectivity index (χ3v) is 4.94. The van der Waals surface area contributed by atoms with E-state index in [1.807, 2.05) is 6.07 Å². The molecule has 2 unspecified atom stereocenters. The van der Waals surface area contributed by atoms with Gasteiger partial charge < -0.3 is 21.1 Å². The van der Waals surface area contributed by atoms with E-state index < -0.39 is 54.1 Å². The Morgan fingerprint density at radius 3 is 1.92 bits per heavy atom.